The minimum Gasteiger partial charge on any atom is -0.392 e. The van der Waals surface area contributed by atoms with E-state index in [1.54, 1.807) is 0 Å². The van der Waals surface area contributed by atoms with Gasteiger partial charge in [0.15, 0.2) is 0 Å². The zero-order valence-corrected chi connectivity index (χ0v) is 15.8. The third-order valence-electron chi connectivity index (χ3n) is 6.81. The van der Waals surface area contributed by atoms with Gasteiger partial charge in [-0.2, -0.15) is 0 Å². The first-order chi connectivity index (χ1) is 11.2. The summed E-state index contributed by atoms with van der Waals surface area (Å²) in [6.07, 6.45) is 4.65. The molecule has 4 atom stereocenters. The second-order valence-corrected chi connectivity index (χ2v) is 8.82. The summed E-state index contributed by atoms with van der Waals surface area (Å²) in [4.78, 5) is 15.0. The van der Waals surface area contributed by atoms with Gasteiger partial charge in [0.25, 0.3) is 0 Å². The highest BCUT2D eigenvalue weighted by molar-refractivity contribution is 5.84. The van der Waals surface area contributed by atoms with Crippen LogP contribution in [0.4, 0.5) is 0 Å². The third kappa shape index (κ3) is 2.72. The number of piperidine rings is 1. The van der Waals surface area contributed by atoms with Crippen molar-refractivity contribution in [1.29, 1.82) is 0 Å². The molecule has 3 aliphatic rings. The Morgan fingerprint density at radius 3 is 2.42 bits per heavy atom. The first-order valence-corrected chi connectivity index (χ1v) is 9.47. The van der Waals surface area contributed by atoms with Gasteiger partial charge >= 0.3 is 0 Å². The van der Waals surface area contributed by atoms with Gasteiger partial charge in [-0.25, -0.2) is 0 Å². The van der Waals surface area contributed by atoms with Crippen molar-refractivity contribution < 1.29 is 14.6 Å². The van der Waals surface area contributed by atoms with Crippen molar-refractivity contribution in [3.8, 4) is 0 Å². The van der Waals surface area contributed by atoms with Crippen LogP contribution in [-0.2, 0) is 9.53 Å². The molecule has 3 fully saturated rings. The number of hydrogen-bond acceptors (Lipinski definition) is 3. The topological polar surface area (TPSA) is 49.8 Å². The molecule has 24 heavy (non-hydrogen) atoms. The van der Waals surface area contributed by atoms with E-state index < -0.39 is 0 Å². The van der Waals surface area contributed by atoms with Crippen molar-refractivity contribution in [3.05, 3.63) is 11.6 Å². The number of allylic oxidation sites excluding steroid dienone is 2. The lowest BCUT2D eigenvalue weighted by Crippen LogP contribution is -2.62. The second-order valence-electron chi connectivity index (χ2n) is 8.82. The van der Waals surface area contributed by atoms with Gasteiger partial charge in [-0.05, 0) is 44.9 Å². The molecule has 0 aromatic carbocycles. The lowest BCUT2D eigenvalue weighted by atomic mass is 9.58. The fourth-order valence-corrected chi connectivity index (χ4v) is 4.98. The number of aliphatic hydroxyl groups is 1. The molecule has 2 saturated carbocycles. The van der Waals surface area contributed by atoms with Crippen LogP contribution in [0.15, 0.2) is 11.6 Å². The molecule has 1 heterocycles. The summed E-state index contributed by atoms with van der Waals surface area (Å²) in [6, 6.07) is 0. The van der Waals surface area contributed by atoms with Gasteiger partial charge in [-0.15, -0.1) is 0 Å². The van der Waals surface area contributed by atoms with Crippen LogP contribution >= 0.6 is 0 Å². The summed E-state index contributed by atoms with van der Waals surface area (Å²) in [5, 5.41) is 10.3. The summed E-state index contributed by atoms with van der Waals surface area (Å²) >= 11 is 0. The van der Waals surface area contributed by atoms with E-state index in [0.29, 0.717) is 18.4 Å². The van der Waals surface area contributed by atoms with E-state index in [0.717, 1.165) is 32.4 Å². The van der Waals surface area contributed by atoms with E-state index in [9.17, 15) is 9.90 Å². The second kappa shape index (κ2) is 6.14. The maximum Gasteiger partial charge on any atom is 0.226 e. The Balaban J connectivity index is 1.61. The van der Waals surface area contributed by atoms with Gasteiger partial charge in [0.1, 0.15) is 0 Å². The smallest absolute Gasteiger partial charge is 0.226 e. The van der Waals surface area contributed by atoms with E-state index in [1.807, 2.05) is 11.8 Å². The van der Waals surface area contributed by atoms with Crippen molar-refractivity contribution in [3.63, 3.8) is 0 Å². The molecule has 4 nitrogen and oxygen atoms in total. The molecule has 0 aromatic rings. The number of rotatable bonds is 4. The first kappa shape index (κ1) is 17.9. The lowest BCUT2D eigenvalue weighted by molar-refractivity contribution is -0.210. The van der Waals surface area contributed by atoms with Crippen LogP contribution in [0.1, 0.15) is 53.9 Å². The number of amides is 1. The number of carbonyl (C=O) groups excluding carboxylic acids is 1. The molecule has 4 unspecified atom stereocenters. The number of aliphatic hydroxyl groups excluding tert-OH is 1. The summed E-state index contributed by atoms with van der Waals surface area (Å²) in [5.74, 6) is 0.797. The van der Waals surface area contributed by atoms with Gasteiger partial charge in [-0.1, -0.05) is 25.5 Å². The predicted octanol–water partition coefficient (Wildman–Crippen LogP) is 3.00. The lowest BCUT2D eigenvalue weighted by Gasteiger charge is -2.56. The van der Waals surface area contributed by atoms with Crippen LogP contribution in [0.3, 0.4) is 0 Å². The van der Waals surface area contributed by atoms with Gasteiger partial charge in [0.2, 0.25) is 5.91 Å². The van der Waals surface area contributed by atoms with Crippen molar-refractivity contribution in [2.45, 2.75) is 66.1 Å². The van der Waals surface area contributed by atoms with Gasteiger partial charge < -0.3 is 14.7 Å². The van der Waals surface area contributed by atoms with Crippen LogP contribution in [0.25, 0.3) is 0 Å². The minimum atomic E-state index is -0.262. The van der Waals surface area contributed by atoms with Crippen molar-refractivity contribution in [1.82, 2.24) is 4.90 Å². The van der Waals surface area contributed by atoms with Crippen LogP contribution in [0, 0.1) is 22.7 Å². The highest BCUT2D eigenvalue weighted by Gasteiger charge is 2.62. The molecule has 3 rings (SSSR count). The molecule has 4 heteroatoms. The van der Waals surface area contributed by atoms with E-state index in [4.69, 9.17) is 4.74 Å². The maximum atomic E-state index is 13.0. The van der Waals surface area contributed by atoms with Crippen LogP contribution in [0.5, 0.6) is 0 Å². The Morgan fingerprint density at radius 2 is 1.92 bits per heavy atom. The zero-order chi connectivity index (χ0) is 17.7. The zero-order valence-electron chi connectivity index (χ0n) is 15.8. The summed E-state index contributed by atoms with van der Waals surface area (Å²) in [6.45, 7) is 12.8. The van der Waals surface area contributed by atoms with Crippen molar-refractivity contribution in [2.75, 3.05) is 19.7 Å². The molecule has 1 spiro atoms. The molecule has 0 aromatic heterocycles. The Labute approximate surface area is 146 Å². The summed E-state index contributed by atoms with van der Waals surface area (Å²) < 4.78 is 5.82. The Morgan fingerprint density at radius 1 is 1.29 bits per heavy atom. The average molecular weight is 335 g/mol. The van der Waals surface area contributed by atoms with Crippen molar-refractivity contribution >= 4 is 5.91 Å². The van der Waals surface area contributed by atoms with E-state index in [-0.39, 0.29) is 29.0 Å². The molecule has 0 bridgehead atoms. The van der Waals surface area contributed by atoms with Gasteiger partial charge in [-0.3, -0.25) is 4.79 Å². The summed E-state index contributed by atoms with van der Waals surface area (Å²) in [5.41, 5.74) is 1.26. The first-order valence-electron chi connectivity index (χ1n) is 9.47. The van der Waals surface area contributed by atoms with Gasteiger partial charge in [0.05, 0.1) is 18.1 Å². The molecule has 1 aliphatic heterocycles. The van der Waals surface area contributed by atoms with Crippen LogP contribution in [0.2, 0.25) is 0 Å². The van der Waals surface area contributed by atoms with Crippen LogP contribution in [-0.4, -0.2) is 47.8 Å². The number of carbonyl (C=O) groups is 1. The fraction of sp³-hybridized carbons (Fsp3) is 0.850. The number of nitrogens with zero attached hydrogens (tertiary/aromatic N) is 1. The normalized spacial score (nSPS) is 36.2. The minimum absolute atomic E-state index is 0.0767. The monoisotopic (exact) mass is 335 g/mol. The highest BCUT2D eigenvalue weighted by atomic mass is 16.5. The number of likely N-dealkylation sites (tertiary alicyclic amines) is 1. The largest absolute Gasteiger partial charge is 0.392 e. The molecule has 136 valence electrons. The highest BCUT2D eigenvalue weighted by Crippen LogP contribution is 2.60. The number of hydrogen-bond donors (Lipinski definition) is 1. The molecular weight excluding hydrogens is 302 g/mol. The van der Waals surface area contributed by atoms with E-state index in [1.165, 1.54) is 5.57 Å². The van der Waals surface area contributed by atoms with E-state index in [2.05, 4.69) is 33.8 Å². The number of ether oxygens (including phenoxy) is 1. The van der Waals surface area contributed by atoms with Gasteiger partial charge in [0, 0.05) is 31.5 Å². The average Bonchev–Trinajstić information content (AvgIpc) is 3.06. The fourth-order valence-electron chi connectivity index (χ4n) is 4.98. The third-order valence-corrected chi connectivity index (χ3v) is 6.81. The SMILES string of the molecule is CCOC1CC(O)C12CCN(C(=O)C1C(C=C(C)C)C1(C)C)CC2. The van der Waals surface area contributed by atoms with E-state index >= 15 is 0 Å². The molecule has 1 amide bonds. The van der Waals surface area contributed by atoms with Crippen LogP contribution < -0.4 is 0 Å². The predicted molar refractivity (Wildman–Crippen MR) is 94.5 cm³/mol. The molecule has 1 N–H and O–H groups in total. The quantitative estimate of drug-likeness (QED) is 0.804. The molecular formula is C20H33NO3. The Hall–Kier alpha value is -0.870. The molecule has 1 saturated heterocycles. The Bertz CT molecular complexity index is 525. The Kier molecular flexibility index (Phi) is 4.59. The summed E-state index contributed by atoms with van der Waals surface area (Å²) in [7, 11) is 0. The van der Waals surface area contributed by atoms with Crippen molar-refractivity contribution in [2.24, 2.45) is 22.7 Å². The molecule has 0 radical (unpaired) electrons. The molecule has 2 aliphatic carbocycles. The maximum absolute atomic E-state index is 13.0. The standard InChI is InChI=1S/C20H33NO3/c1-6-24-16-12-15(22)20(16)7-9-21(10-8-20)18(23)17-14(11-13(2)3)19(17,4)5/h11,14-17,22H,6-10,12H2,1-5H3.